The highest BCUT2D eigenvalue weighted by Gasteiger charge is 2.23. The SMILES string of the molecule is COCc1nc(CC2CC(C)CCC(C)C2)nc(C)c1OCc1ccccc1. The van der Waals surface area contributed by atoms with Crippen LogP contribution in [0.25, 0.3) is 0 Å². The number of hydrogen-bond acceptors (Lipinski definition) is 4. The van der Waals surface area contributed by atoms with Gasteiger partial charge in [0.1, 0.15) is 18.1 Å². The Kier molecular flexibility index (Phi) is 7.43. The Morgan fingerprint density at radius 1 is 0.964 bits per heavy atom. The topological polar surface area (TPSA) is 44.2 Å². The monoisotopic (exact) mass is 382 g/mol. The van der Waals surface area contributed by atoms with E-state index in [0.717, 1.165) is 46.8 Å². The summed E-state index contributed by atoms with van der Waals surface area (Å²) >= 11 is 0. The van der Waals surface area contributed by atoms with Crippen molar-refractivity contribution in [2.45, 2.75) is 66.1 Å². The van der Waals surface area contributed by atoms with Gasteiger partial charge in [-0.3, -0.25) is 0 Å². The highest BCUT2D eigenvalue weighted by Crippen LogP contribution is 2.33. The van der Waals surface area contributed by atoms with Crippen molar-refractivity contribution in [3.05, 3.63) is 53.1 Å². The number of aryl methyl sites for hydroxylation is 1. The molecule has 1 aromatic carbocycles. The number of ether oxygens (including phenoxy) is 2. The summed E-state index contributed by atoms with van der Waals surface area (Å²) in [6.45, 7) is 7.74. The van der Waals surface area contributed by atoms with E-state index in [2.05, 4.69) is 26.0 Å². The van der Waals surface area contributed by atoms with Crippen LogP contribution in [-0.2, 0) is 24.4 Å². The first-order valence-corrected chi connectivity index (χ1v) is 10.6. The Morgan fingerprint density at radius 2 is 1.64 bits per heavy atom. The normalized spacial score (nSPS) is 22.6. The largest absolute Gasteiger partial charge is 0.485 e. The highest BCUT2D eigenvalue weighted by molar-refractivity contribution is 5.33. The smallest absolute Gasteiger partial charge is 0.164 e. The second kappa shape index (κ2) is 10.0. The van der Waals surface area contributed by atoms with E-state index in [0.29, 0.717) is 19.1 Å². The van der Waals surface area contributed by atoms with Gasteiger partial charge in [0.05, 0.1) is 12.3 Å². The third-order valence-corrected chi connectivity index (χ3v) is 5.75. The highest BCUT2D eigenvalue weighted by atomic mass is 16.5. The predicted octanol–water partition coefficient (Wildman–Crippen LogP) is 5.52. The van der Waals surface area contributed by atoms with Gasteiger partial charge in [0.15, 0.2) is 5.75 Å². The molecule has 3 rings (SSSR count). The molecule has 2 aromatic rings. The number of methoxy groups -OCH3 is 1. The van der Waals surface area contributed by atoms with Gasteiger partial charge in [0.2, 0.25) is 0 Å². The molecule has 2 atom stereocenters. The van der Waals surface area contributed by atoms with E-state index >= 15 is 0 Å². The maximum atomic E-state index is 6.10. The summed E-state index contributed by atoms with van der Waals surface area (Å²) in [6.07, 6.45) is 6.19. The molecule has 0 N–H and O–H groups in total. The van der Waals surface area contributed by atoms with Crippen molar-refractivity contribution in [3.8, 4) is 5.75 Å². The fraction of sp³-hybridized carbons (Fsp3) is 0.583. The van der Waals surface area contributed by atoms with Crippen LogP contribution in [0, 0.1) is 24.7 Å². The quantitative estimate of drug-likeness (QED) is 0.592. The van der Waals surface area contributed by atoms with E-state index in [4.69, 9.17) is 19.4 Å². The Labute approximate surface area is 169 Å². The fourth-order valence-corrected chi connectivity index (χ4v) is 4.39. The molecule has 0 bridgehead atoms. The number of aromatic nitrogens is 2. The molecule has 1 saturated carbocycles. The summed E-state index contributed by atoms with van der Waals surface area (Å²) in [5.41, 5.74) is 2.90. The Morgan fingerprint density at radius 3 is 2.29 bits per heavy atom. The molecule has 2 unspecified atom stereocenters. The fourth-order valence-electron chi connectivity index (χ4n) is 4.39. The number of nitrogens with zero attached hydrogens (tertiary/aromatic N) is 2. The molecule has 4 nitrogen and oxygen atoms in total. The first-order valence-electron chi connectivity index (χ1n) is 10.6. The molecule has 28 heavy (non-hydrogen) atoms. The van der Waals surface area contributed by atoms with Crippen LogP contribution in [0.2, 0.25) is 0 Å². The standard InChI is InChI=1S/C24H34N2O2/c1-17-10-11-18(2)13-21(12-17)14-23-25-19(3)24(22(26-23)16-27-4)28-15-20-8-6-5-7-9-20/h5-9,17-18,21H,10-16H2,1-4H3. The minimum Gasteiger partial charge on any atom is -0.485 e. The van der Waals surface area contributed by atoms with Gasteiger partial charge in [-0.1, -0.05) is 57.0 Å². The van der Waals surface area contributed by atoms with Crippen molar-refractivity contribution in [1.82, 2.24) is 9.97 Å². The molecule has 4 heteroatoms. The van der Waals surface area contributed by atoms with Gasteiger partial charge < -0.3 is 9.47 Å². The lowest BCUT2D eigenvalue weighted by Crippen LogP contribution is -2.14. The molecular weight excluding hydrogens is 348 g/mol. The Bertz CT molecular complexity index is 736. The first-order chi connectivity index (χ1) is 13.5. The van der Waals surface area contributed by atoms with Crippen molar-refractivity contribution in [2.75, 3.05) is 7.11 Å². The van der Waals surface area contributed by atoms with E-state index in [1.807, 2.05) is 25.1 Å². The average molecular weight is 383 g/mol. The van der Waals surface area contributed by atoms with E-state index in [1.165, 1.54) is 25.7 Å². The van der Waals surface area contributed by atoms with Gasteiger partial charge in [0.25, 0.3) is 0 Å². The second-order valence-corrected chi connectivity index (χ2v) is 8.54. The maximum Gasteiger partial charge on any atom is 0.164 e. The zero-order valence-corrected chi connectivity index (χ0v) is 17.8. The molecule has 1 fully saturated rings. The van der Waals surface area contributed by atoms with Crippen molar-refractivity contribution < 1.29 is 9.47 Å². The summed E-state index contributed by atoms with van der Waals surface area (Å²) in [6, 6.07) is 10.2. The number of rotatable bonds is 7. The molecule has 0 amide bonds. The van der Waals surface area contributed by atoms with E-state index in [1.54, 1.807) is 7.11 Å². The summed E-state index contributed by atoms with van der Waals surface area (Å²) < 4.78 is 11.5. The average Bonchev–Trinajstić information content (AvgIpc) is 2.82. The van der Waals surface area contributed by atoms with Crippen LogP contribution in [0.3, 0.4) is 0 Å². The van der Waals surface area contributed by atoms with Crippen LogP contribution in [0.1, 0.15) is 62.3 Å². The number of benzene rings is 1. The van der Waals surface area contributed by atoms with Gasteiger partial charge in [0, 0.05) is 13.5 Å². The van der Waals surface area contributed by atoms with Crippen LogP contribution in [0.15, 0.2) is 30.3 Å². The third kappa shape index (κ3) is 5.78. The maximum absolute atomic E-state index is 6.10. The van der Waals surface area contributed by atoms with E-state index in [-0.39, 0.29) is 0 Å². The molecule has 0 saturated heterocycles. The minimum atomic E-state index is 0.442. The van der Waals surface area contributed by atoms with Crippen molar-refractivity contribution in [3.63, 3.8) is 0 Å². The lowest BCUT2D eigenvalue weighted by atomic mass is 9.89. The van der Waals surface area contributed by atoms with Gasteiger partial charge >= 0.3 is 0 Å². The van der Waals surface area contributed by atoms with Crippen LogP contribution >= 0.6 is 0 Å². The lowest BCUT2D eigenvalue weighted by Gasteiger charge is -2.19. The van der Waals surface area contributed by atoms with Gasteiger partial charge in [-0.2, -0.15) is 0 Å². The van der Waals surface area contributed by atoms with Crippen LogP contribution in [-0.4, -0.2) is 17.1 Å². The molecule has 152 valence electrons. The molecule has 1 aliphatic rings. The first kappa shape index (κ1) is 20.8. The second-order valence-electron chi connectivity index (χ2n) is 8.54. The molecule has 0 radical (unpaired) electrons. The minimum absolute atomic E-state index is 0.442. The molecule has 0 spiro atoms. The van der Waals surface area contributed by atoms with Gasteiger partial charge in [-0.05, 0) is 43.1 Å². The zero-order valence-electron chi connectivity index (χ0n) is 17.8. The van der Waals surface area contributed by atoms with Gasteiger partial charge in [-0.25, -0.2) is 9.97 Å². The van der Waals surface area contributed by atoms with Crippen LogP contribution < -0.4 is 4.74 Å². The summed E-state index contributed by atoms with van der Waals surface area (Å²) in [4.78, 5) is 9.66. The van der Waals surface area contributed by atoms with E-state index < -0.39 is 0 Å². The van der Waals surface area contributed by atoms with Crippen molar-refractivity contribution in [1.29, 1.82) is 0 Å². The lowest BCUT2D eigenvalue weighted by molar-refractivity contribution is 0.174. The number of hydrogen-bond donors (Lipinski definition) is 0. The molecule has 1 heterocycles. The summed E-state index contributed by atoms with van der Waals surface area (Å²) in [5, 5.41) is 0. The van der Waals surface area contributed by atoms with E-state index in [9.17, 15) is 0 Å². The van der Waals surface area contributed by atoms with Gasteiger partial charge in [-0.15, -0.1) is 0 Å². The summed E-state index contributed by atoms with van der Waals surface area (Å²) in [7, 11) is 1.70. The summed E-state index contributed by atoms with van der Waals surface area (Å²) in [5.74, 6) is 3.95. The predicted molar refractivity (Wildman–Crippen MR) is 112 cm³/mol. The zero-order chi connectivity index (χ0) is 19.9. The van der Waals surface area contributed by atoms with Crippen LogP contribution in [0.5, 0.6) is 5.75 Å². The third-order valence-electron chi connectivity index (χ3n) is 5.75. The molecule has 0 aliphatic heterocycles. The Hall–Kier alpha value is -1.94. The van der Waals surface area contributed by atoms with Crippen LogP contribution in [0.4, 0.5) is 0 Å². The van der Waals surface area contributed by atoms with Crippen molar-refractivity contribution in [2.24, 2.45) is 17.8 Å². The molecule has 1 aromatic heterocycles. The Balaban J connectivity index is 1.76. The molecular formula is C24H34N2O2. The van der Waals surface area contributed by atoms with Crippen molar-refractivity contribution >= 4 is 0 Å². The molecule has 1 aliphatic carbocycles.